The largest absolute Gasteiger partial charge is 0.478 e. The van der Waals surface area contributed by atoms with Crippen LogP contribution in [-0.4, -0.2) is 34.1 Å². The molecule has 1 fully saturated rings. The van der Waals surface area contributed by atoms with Gasteiger partial charge in [-0.2, -0.15) is 16.7 Å². The molecule has 1 aliphatic rings. The summed E-state index contributed by atoms with van der Waals surface area (Å²) in [6.07, 6.45) is 2.41. The van der Waals surface area contributed by atoms with Crippen molar-refractivity contribution in [2.75, 3.05) is 23.4 Å². The van der Waals surface area contributed by atoms with Gasteiger partial charge in [-0.1, -0.05) is 0 Å². The second-order valence-electron chi connectivity index (χ2n) is 4.10. The van der Waals surface area contributed by atoms with Gasteiger partial charge < -0.3 is 10.1 Å². The lowest BCUT2D eigenvalue weighted by atomic mass is 10.1. The average molecular weight is 253 g/mol. The molecule has 1 N–H and O–H groups in total. The molecule has 0 saturated carbocycles. The molecule has 1 saturated heterocycles. The van der Waals surface area contributed by atoms with E-state index in [0.717, 1.165) is 11.6 Å². The minimum atomic E-state index is 0.542. The van der Waals surface area contributed by atoms with Crippen LogP contribution in [0.4, 0.5) is 5.82 Å². The molecule has 0 aromatic carbocycles. The summed E-state index contributed by atoms with van der Waals surface area (Å²) in [5, 5.41) is 3.48. The highest BCUT2D eigenvalue weighted by atomic mass is 32.2. The number of aromatic nitrogens is 2. The minimum absolute atomic E-state index is 0.542. The van der Waals surface area contributed by atoms with Crippen molar-refractivity contribution in [2.45, 2.75) is 32.7 Å². The fourth-order valence-electron chi connectivity index (χ4n) is 1.89. The second kappa shape index (κ2) is 6.10. The Bertz CT molecular complexity index is 367. The summed E-state index contributed by atoms with van der Waals surface area (Å²) in [5.74, 6) is 4.77. The predicted molar refractivity (Wildman–Crippen MR) is 71.9 cm³/mol. The number of ether oxygens (including phenoxy) is 1. The summed E-state index contributed by atoms with van der Waals surface area (Å²) < 4.78 is 5.42. The number of nitrogens with zero attached hydrogens (tertiary/aromatic N) is 2. The van der Waals surface area contributed by atoms with E-state index >= 15 is 0 Å². The zero-order valence-electron chi connectivity index (χ0n) is 10.4. The first-order valence-corrected chi connectivity index (χ1v) is 7.26. The van der Waals surface area contributed by atoms with E-state index in [1.54, 1.807) is 0 Å². The second-order valence-corrected chi connectivity index (χ2v) is 5.33. The maximum Gasteiger partial charge on any atom is 0.218 e. The molecule has 0 amide bonds. The van der Waals surface area contributed by atoms with E-state index in [2.05, 4.69) is 15.3 Å². The lowest BCUT2D eigenvalue weighted by Gasteiger charge is -2.23. The summed E-state index contributed by atoms with van der Waals surface area (Å²) in [4.78, 5) is 8.64. The lowest BCUT2D eigenvalue weighted by Crippen LogP contribution is -2.25. The molecular formula is C12H19N3OS. The van der Waals surface area contributed by atoms with Gasteiger partial charge in [-0.25, -0.2) is 4.98 Å². The molecule has 5 heteroatoms. The molecule has 0 spiro atoms. The van der Waals surface area contributed by atoms with Gasteiger partial charge in [0.25, 0.3) is 0 Å². The van der Waals surface area contributed by atoms with Gasteiger partial charge in [0.1, 0.15) is 11.6 Å². The van der Waals surface area contributed by atoms with Crippen LogP contribution in [0.15, 0.2) is 6.07 Å². The van der Waals surface area contributed by atoms with Crippen molar-refractivity contribution in [3.63, 3.8) is 0 Å². The Balaban J connectivity index is 2.03. The Morgan fingerprint density at radius 3 is 2.88 bits per heavy atom. The summed E-state index contributed by atoms with van der Waals surface area (Å²) in [6, 6.07) is 2.43. The number of thioether (sulfide) groups is 1. The SMILES string of the molecule is CCOc1cc(NC2CCSCC2)nc(C)n1. The number of hydrogen-bond acceptors (Lipinski definition) is 5. The molecule has 2 rings (SSSR count). The number of rotatable bonds is 4. The third kappa shape index (κ3) is 3.77. The van der Waals surface area contributed by atoms with Crippen LogP contribution in [0.25, 0.3) is 0 Å². The summed E-state index contributed by atoms with van der Waals surface area (Å²) >= 11 is 2.03. The highest BCUT2D eigenvalue weighted by Gasteiger charge is 2.14. The van der Waals surface area contributed by atoms with Gasteiger partial charge in [0.15, 0.2) is 0 Å². The average Bonchev–Trinajstić information content (AvgIpc) is 2.30. The van der Waals surface area contributed by atoms with Crippen molar-refractivity contribution in [2.24, 2.45) is 0 Å². The van der Waals surface area contributed by atoms with E-state index in [4.69, 9.17) is 4.74 Å². The Hall–Kier alpha value is -0.970. The van der Waals surface area contributed by atoms with Gasteiger partial charge in [-0.3, -0.25) is 0 Å². The monoisotopic (exact) mass is 253 g/mol. The van der Waals surface area contributed by atoms with Crippen molar-refractivity contribution >= 4 is 17.6 Å². The van der Waals surface area contributed by atoms with E-state index in [1.807, 2.05) is 31.7 Å². The van der Waals surface area contributed by atoms with E-state index < -0.39 is 0 Å². The van der Waals surface area contributed by atoms with Gasteiger partial charge in [-0.15, -0.1) is 0 Å². The van der Waals surface area contributed by atoms with E-state index in [0.29, 0.717) is 18.5 Å². The third-order valence-corrected chi connectivity index (χ3v) is 3.73. The molecule has 4 nitrogen and oxygen atoms in total. The first-order valence-electron chi connectivity index (χ1n) is 6.10. The van der Waals surface area contributed by atoms with Gasteiger partial charge in [-0.05, 0) is 38.2 Å². The third-order valence-electron chi connectivity index (χ3n) is 2.68. The first kappa shape index (κ1) is 12.5. The predicted octanol–water partition coefficient (Wildman–Crippen LogP) is 2.49. The van der Waals surface area contributed by atoms with Crippen LogP contribution in [0.2, 0.25) is 0 Å². The Labute approximate surface area is 107 Å². The van der Waals surface area contributed by atoms with Gasteiger partial charge in [0, 0.05) is 12.1 Å². The minimum Gasteiger partial charge on any atom is -0.478 e. The van der Waals surface area contributed by atoms with Crippen LogP contribution in [0, 0.1) is 6.92 Å². The van der Waals surface area contributed by atoms with Crippen LogP contribution in [0.1, 0.15) is 25.6 Å². The highest BCUT2D eigenvalue weighted by molar-refractivity contribution is 7.99. The van der Waals surface area contributed by atoms with Crippen molar-refractivity contribution in [1.29, 1.82) is 0 Å². The van der Waals surface area contributed by atoms with Crippen molar-refractivity contribution in [1.82, 2.24) is 9.97 Å². The van der Waals surface area contributed by atoms with Crippen molar-refractivity contribution in [3.05, 3.63) is 11.9 Å². The molecule has 0 aliphatic carbocycles. The summed E-state index contributed by atoms with van der Waals surface area (Å²) in [5.41, 5.74) is 0. The molecule has 94 valence electrons. The maximum absolute atomic E-state index is 5.42. The molecule has 2 heterocycles. The lowest BCUT2D eigenvalue weighted by molar-refractivity contribution is 0.325. The van der Waals surface area contributed by atoms with E-state index in [9.17, 15) is 0 Å². The zero-order valence-corrected chi connectivity index (χ0v) is 11.2. The topological polar surface area (TPSA) is 47.0 Å². The molecule has 0 bridgehead atoms. The van der Waals surface area contributed by atoms with Gasteiger partial charge in [0.05, 0.1) is 6.61 Å². The number of anilines is 1. The highest BCUT2D eigenvalue weighted by Crippen LogP contribution is 2.21. The van der Waals surface area contributed by atoms with E-state index in [1.165, 1.54) is 24.3 Å². The summed E-state index contributed by atoms with van der Waals surface area (Å²) in [6.45, 7) is 4.49. The number of aryl methyl sites for hydroxylation is 1. The molecule has 1 aromatic heterocycles. The molecule has 0 radical (unpaired) electrons. The van der Waals surface area contributed by atoms with Crippen LogP contribution >= 0.6 is 11.8 Å². The van der Waals surface area contributed by atoms with Crippen molar-refractivity contribution in [3.8, 4) is 5.88 Å². The first-order chi connectivity index (χ1) is 8.28. The van der Waals surface area contributed by atoms with Gasteiger partial charge >= 0.3 is 0 Å². The smallest absolute Gasteiger partial charge is 0.218 e. The fraction of sp³-hybridized carbons (Fsp3) is 0.667. The Kier molecular flexibility index (Phi) is 4.48. The normalized spacial score (nSPS) is 16.8. The van der Waals surface area contributed by atoms with Gasteiger partial charge in [0.2, 0.25) is 5.88 Å². The number of nitrogens with one attached hydrogen (secondary N) is 1. The maximum atomic E-state index is 5.42. The standard InChI is InChI=1S/C12H19N3OS/c1-3-16-12-8-11(13-9(2)14-12)15-10-4-6-17-7-5-10/h8,10H,3-7H2,1-2H3,(H,13,14,15). The molecule has 0 unspecified atom stereocenters. The Morgan fingerprint density at radius 2 is 2.18 bits per heavy atom. The molecular weight excluding hydrogens is 234 g/mol. The zero-order chi connectivity index (χ0) is 12.1. The van der Waals surface area contributed by atoms with Crippen LogP contribution < -0.4 is 10.1 Å². The molecule has 1 aliphatic heterocycles. The van der Waals surface area contributed by atoms with Crippen LogP contribution in [-0.2, 0) is 0 Å². The van der Waals surface area contributed by atoms with Crippen LogP contribution in [0.3, 0.4) is 0 Å². The van der Waals surface area contributed by atoms with Crippen LogP contribution in [0.5, 0.6) is 5.88 Å². The van der Waals surface area contributed by atoms with Crippen molar-refractivity contribution < 1.29 is 4.74 Å². The summed E-state index contributed by atoms with van der Waals surface area (Å²) in [7, 11) is 0. The fourth-order valence-corrected chi connectivity index (χ4v) is 2.99. The quantitative estimate of drug-likeness (QED) is 0.893. The molecule has 1 aromatic rings. The number of hydrogen-bond donors (Lipinski definition) is 1. The molecule has 17 heavy (non-hydrogen) atoms. The Morgan fingerprint density at radius 1 is 1.41 bits per heavy atom. The molecule has 0 atom stereocenters. The van der Waals surface area contributed by atoms with E-state index in [-0.39, 0.29) is 0 Å².